The Morgan fingerprint density at radius 1 is 1.43 bits per heavy atom. The molecule has 0 amide bonds. The molecule has 0 spiro atoms. The molecule has 0 saturated carbocycles. The maximum absolute atomic E-state index is 10.8. The van der Waals surface area contributed by atoms with Gasteiger partial charge < -0.3 is 5.32 Å². The molecule has 0 radical (unpaired) electrons. The summed E-state index contributed by atoms with van der Waals surface area (Å²) in [6.45, 7) is 0.457. The largest absolute Gasteiger partial charge is 0.384 e. The lowest BCUT2D eigenvalue weighted by atomic mass is 10.3. The molecule has 1 aromatic rings. The molecule has 0 heterocycles. The normalized spacial score (nSPS) is 11.3. The van der Waals surface area contributed by atoms with Crippen LogP contribution in [-0.2, 0) is 9.84 Å². The molecule has 0 saturated heterocycles. The number of rotatable bonds is 4. The highest BCUT2D eigenvalue weighted by Crippen LogP contribution is 2.11. The van der Waals surface area contributed by atoms with Crippen molar-refractivity contribution >= 4 is 38.1 Å². The Labute approximate surface area is 98.0 Å². The second-order valence-electron chi connectivity index (χ2n) is 3.07. The molecule has 0 atom stereocenters. The van der Waals surface area contributed by atoms with Crippen molar-refractivity contribution in [1.29, 1.82) is 0 Å². The summed E-state index contributed by atoms with van der Waals surface area (Å²) in [5, 5.41) is 3.06. The minimum atomic E-state index is -2.87. The van der Waals surface area contributed by atoms with Crippen molar-refractivity contribution in [2.24, 2.45) is 0 Å². The third-order valence-corrected chi connectivity index (χ3v) is 3.24. The van der Waals surface area contributed by atoms with Gasteiger partial charge in [-0.2, -0.15) is 0 Å². The Balaban J connectivity index is 2.47. The monoisotopic (exact) mass is 325 g/mol. The fourth-order valence-corrected chi connectivity index (χ4v) is 2.00. The number of nitrogens with one attached hydrogen (secondary N) is 1. The second kappa shape index (κ2) is 4.97. The van der Waals surface area contributed by atoms with Crippen molar-refractivity contribution in [3.05, 3.63) is 27.8 Å². The van der Waals surface area contributed by atoms with Crippen LogP contribution >= 0.6 is 22.6 Å². The van der Waals surface area contributed by atoms with E-state index in [2.05, 4.69) is 27.9 Å². The van der Waals surface area contributed by atoms with E-state index >= 15 is 0 Å². The van der Waals surface area contributed by atoms with Gasteiger partial charge >= 0.3 is 0 Å². The van der Waals surface area contributed by atoms with Crippen LogP contribution in [0.3, 0.4) is 0 Å². The topological polar surface area (TPSA) is 46.2 Å². The molecule has 1 aromatic carbocycles. The van der Waals surface area contributed by atoms with Gasteiger partial charge in [-0.3, -0.25) is 0 Å². The molecule has 0 aliphatic rings. The maximum Gasteiger partial charge on any atom is 0.149 e. The van der Waals surface area contributed by atoms with E-state index in [1.165, 1.54) is 6.26 Å². The molecule has 0 aliphatic carbocycles. The summed E-state index contributed by atoms with van der Waals surface area (Å²) in [6.07, 6.45) is 1.24. The highest BCUT2D eigenvalue weighted by Gasteiger charge is 2.00. The lowest BCUT2D eigenvalue weighted by molar-refractivity contribution is 0.602. The van der Waals surface area contributed by atoms with E-state index in [-0.39, 0.29) is 5.75 Å². The van der Waals surface area contributed by atoms with E-state index in [1.54, 1.807) is 0 Å². The summed E-state index contributed by atoms with van der Waals surface area (Å²) < 4.78 is 22.8. The van der Waals surface area contributed by atoms with Crippen LogP contribution in [0.2, 0.25) is 0 Å². The molecule has 0 aliphatic heterocycles. The average Bonchev–Trinajstić information content (AvgIpc) is 2.01. The Morgan fingerprint density at radius 2 is 2.14 bits per heavy atom. The van der Waals surface area contributed by atoms with Gasteiger partial charge in [-0.05, 0) is 40.8 Å². The van der Waals surface area contributed by atoms with Crippen LogP contribution in [0.5, 0.6) is 0 Å². The molecule has 1 N–H and O–H groups in total. The molecule has 5 heteroatoms. The predicted octanol–water partition coefficient (Wildman–Crippen LogP) is 1.75. The molecule has 78 valence electrons. The zero-order valence-corrected chi connectivity index (χ0v) is 10.8. The molecule has 0 aromatic heterocycles. The number of halogens is 1. The molecule has 1 rings (SSSR count). The van der Waals surface area contributed by atoms with Gasteiger partial charge in [0.15, 0.2) is 0 Å². The average molecular weight is 325 g/mol. The summed E-state index contributed by atoms with van der Waals surface area (Å²) in [6, 6.07) is 7.82. The molecule has 3 nitrogen and oxygen atoms in total. The predicted molar refractivity (Wildman–Crippen MR) is 67.4 cm³/mol. The number of anilines is 1. The van der Waals surface area contributed by atoms with Crippen molar-refractivity contribution in [3.8, 4) is 0 Å². The lowest BCUT2D eigenvalue weighted by Crippen LogP contribution is -2.14. The van der Waals surface area contributed by atoms with Crippen molar-refractivity contribution in [1.82, 2.24) is 0 Å². The Bertz CT molecular complexity index is 403. The molecular weight excluding hydrogens is 313 g/mol. The van der Waals surface area contributed by atoms with Gasteiger partial charge in [0, 0.05) is 22.1 Å². The summed E-state index contributed by atoms with van der Waals surface area (Å²) in [5.41, 5.74) is 0.959. The minimum absolute atomic E-state index is 0.165. The minimum Gasteiger partial charge on any atom is -0.384 e. The summed E-state index contributed by atoms with van der Waals surface area (Å²) >= 11 is 2.22. The first-order valence-electron chi connectivity index (χ1n) is 4.14. The second-order valence-corrected chi connectivity index (χ2v) is 6.57. The first-order chi connectivity index (χ1) is 6.47. The molecular formula is C9H12INO2S. The van der Waals surface area contributed by atoms with Gasteiger partial charge in [-0.15, -0.1) is 0 Å². The van der Waals surface area contributed by atoms with Crippen LogP contribution in [0.25, 0.3) is 0 Å². The SMILES string of the molecule is CS(=O)(=O)CCNc1cccc(I)c1. The molecule has 0 fully saturated rings. The number of hydrogen-bond acceptors (Lipinski definition) is 3. The Hall–Kier alpha value is -0.300. The van der Waals surface area contributed by atoms with Gasteiger partial charge in [0.05, 0.1) is 5.75 Å². The number of sulfone groups is 1. The van der Waals surface area contributed by atoms with E-state index in [0.29, 0.717) is 6.54 Å². The van der Waals surface area contributed by atoms with Crippen LogP contribution < -0.4 is 5.32 Å². The van der Waals surface area contributed by atoms with Gasteiger partial charge in [0.1, 0.15) is 9.84 Å². The Kier molecular flexibility index (Phi) is 4.18. The summed E-state index contributed by atoms with van der Waals surface area (Å²) in [7, 11) is -2.87. The van der Waals surface area contributed by atoms with Crippen molar-refractivity contribution in [3.63, 3.8) is 0 Å². The van der Waals surface area contributed by atoms with Crippen LogP contribution in [0.15, 0.2) is 24.3 Å². The standard InChI is InChI=1S/C9H12INO2S/c1-14(12,13)6-5-11-9-4-2-3-8(10)7-9/h2-4,7,11H,5-6H2,1H3. The summed E-state index contributed by atoms with van der Waals surface area (Å²) in [5.74, 6) is 0.165. The van der Waals surface area contributed by atoms with E-state index in [4.69, 9.17) is 0 Å². The number of benzene rings is 1. The molecule has 14 heavy (non-hydrogen) atoms. The highest BCUT2D eigenvalue weighted by atomic mass is 127. The van der Waals surface area contributed by atoms with Gasteiger partial charge in [0.25, 0.3) is 0 Å². The van der Waals surface area contributed by atoms with E-state index in [0.717, 1.165) is 9.26 Å². The van der Waals surface area contributed by atoms with Crippen LogP contribution in [-0.4, -0.2) is 27.0 Å². The van der Waals surface area contributed by atoms with Crippen molar-refractivity contribution in [2.45, 2.75) is 0 Å². The van der Waals surface area contributed by atoms with Crippen LogP contribution in [0, 0.1) is 3.57 Å². The highest BCUT2D eigenvalue weighted by molar-refractivity contribution is 14.1. The van der Waals surface area contributed by atoms with Gasteiger partial charge in [-0.1, -0.05) is 6.07 Å². The first-order valence-corrected chi connectivity index (χ1v) is 7.28. The van der Waals surface area contributed by atoms with Crippen molar-refractivity contribution in [2.75, 3.05) is 23.9 Å². The number of hydrogen-bond donors (Lipinski definition) is 1. The quantitative estimate of drug-likeness (QED) is 0.858. The molecule has 0 unspecified atom stereocenters. The summed E-state index contributed by atoms with van der Waals surface area (Å²) in [4.78, 5) is 0. The van der Waals surface area contributed by atoms with Crippen LogP contribution in [0.1, 0.15) is 0 Å². The fourth-order valence-electron chi connectivity index (χ4n) is 0.979. The smallest absolute Gasteiger partial charge is 0.149 e. The van der Waals surface area contributed by atoms with Gasteiger partial charge in [-0.25, -0.2) is 8.42 Å². The zero-order valence-electron chi connectivity index (χ0n) is 7.83. The third kappa shape index (κ3) is 4.80. The van der Waals surface area contributed by atoms with Gasteiger partial charge in [0.2, 0.25) is 0 Å². The van der Waals surface area contributed by atoms with E-state index in [9.17, 15) is 8.42 Å². The third-order valence-electron chi connectivity index (χ3n) is 1.63. The lowest BCUT2D eigenvalue weighted by Gasteiger charge is -2.05. The zero-order chi connectivity index (χ0) is 10.6. The first kappa shape index (κ1) is 11.8. The Morgan fingerprint density at radius 3 is 2.71 bits per heavy atom. The van der Waals surface area contributed by atoms with Crippen molar-refractivity contribution < 1.29 is 8.42 Å². The van der Waals surface area contributed by atoms with E-state index in [1.807, 2.05) is 24.3 Å². The van der Waals surface area contributed by atoms with Crippen LogP contribution in [0.4, 0.5) is 5.69 Å². The maximum atomic E-state index is 10.8. The fraction of sp³-hybridized carbons (Fsp3) is 0.333. The van der Waals surface area contributed by atoms with E-state index < -0.39 is 9.84 Å². The molecule has 0 bridgehead atoms.